The van der Waals surface area contributed by atoms with E-state index in [2.05, 4.69) is 24.7 Å². The van der Waals surface area contributed by atoms with Crippen LogP contribution in [-0.2, 0) is 4.74 Å². The van der Waals surface area contributed by atoms with Gasteiger partial charge in [-0.25, -0.2) is 0 Å². The minimum absolute atomic E-state index is 0.0635. The predicted octanol–water partition coefficient (Wildman–Crippen LogP) is 2.20. The highest BCUT2D eigenvalue weighted by Crippen LogP contribution is 2.38. The Labute approximate surface area is 138 Å². The van der Waals surface area contributed by atoms with E-state index in [9.17, 15) is 13.2 Å². The molecule has 0 unspecified atom stereocenters. The Balaban J connectivity index is 1.38. The summed E-state index contributed by atoms with van der Waals surface area (Å²) in [5.74, 6) is 1.94. The molecule has 1 aliphatic heterocycles. The first-order valence-corrected chi connectivity index (χ1v) is 8.37. The van der Waals surface area contributed by atoms with Crippen LogP contribution in [0.4, 0.5) is 13.2 Å². The zero-order valence-corrected chi connectivity index (χ0v) is 13.8. The quantitative estimate of drug-likeness (QED) is 0.704. The summed E-state index contributed by atoms with van der Waals surface area (Å²) in [5, 5.41) is 4.05. The van der Waals surface area contributed by atoms with Crippen LogP contribution in [0.1, 0.15) is 43.4 Å². The maximum absolute atomic E-state index is 12.0. The van der Waals surface area contributed by atoms with Crippen LogP contribution in [0.2, 0.25) is 0 Å². The minimum Gasteiger partial charge on any atom is -0.371 e. The molecule has 0 aromatic carbocycles. The lowest BCUT2D eigenvalue weighted by Gasteiger charge is -2.36. The van der Waals surface area contributed by atoms with Gasteiger partial charge in [0, 0.05) is 38.6 Å². The van der Waals surface area contributed by atoms with E-state index in [4.69, 9.17) is 4.52 Å². The van der Waals surface area contributed by atoms with Crippen LogP contribution in [0, 0.1) is 0 Å². The Morgan fingerprint density at radius 3 is 2.58 bits per heavy atom. The van der Waals surface area contributed by atoms with Crippen molar-refractivity contribution in [3.05, 3.63) is 11.7 Å². The summed E-state index contributed by atoms with van der Waals surface area (Å²) in [7, 11) is 0. The second-order valence-electron chi connectivity index (χ2n) is 6.49. The molecule has 136 valence electrons. The van der Waals surface area contributed by atoms with E-state index in [1.165, 1.54) is 0 Å². The predicted molar refractivity (Wildman–Crippen MR) is 79.6 cm³/mol. The van der Waals surface area contributed by atoms with Crippen molar-refractivity contribution in [2.45, 2.75) is 37.9 Å². The Kier molecular flexibility index (Phi) is 5.41. The highest BCUT2D eigenvalue weighted by atomic mass is 19.4. The van der Waals surface area contributed by atoms with Crippen LogP contribution in [0.15, 0.2) is 4.52 Å². The summed E-state index contributed by atoms with van der Waals surface area (Å²) in [4.78, 5) is 8.87. The van der Waals surface area contributed by atoms with Crippen molar-refractivity contribution in [2.75, 3.05) is 45.9 Å². The Morgan fingerprint density at radius 1 is 1.25 bits per heavy atom. The van der Waals surface area contributed by atoms with E-state index >= 15 is 0 Å². The van der Waals surface area contributed by atoms with E-state index in [-0.39, 0.29) is 12.6 Å². The third kappa shape index (κ3) is 4.90. The topological polar surface area (TPSA) is 54.6 Å². The molecule has 1 aromatic heterocycles. The number of aromatic nitrogens is 2. The molecule has 1 aromatic rings. The minimum atomic E-state index is -4.25. The summed E-state index contributed by atoms with van der Waals surface area (Å²) < 4.78 is 46.1. The van der Waals surface area contributed by atoms with Gasteiger partial charge < -0.3 is 9.26 Å². The molecule has 1 saturated heterocycles. The lowest BCUT2D eigenvalue weighted by molar-refractivity contribution is -0.174. The maximum Gasteiger partial charge on any atom is 0.411 e. The first kappa shape index (κ1) is 17.6. The molecule has 24 heavy (non-hydrogen) atoms. The van der Waals surface area contributed by atoms with E-state index < -0.39 is 12.8 Å². The van der Waals surface area contributed by atoms with Gasteiger partial charge in [-0.05, 0) is 19.8 Å². The molecule has 3 rings (SSSR count). The zero-order valence-electron chi connectivity index (χ0n) is 13.8. The van der Waals surface area contributed by atoms with Gasteiger partial charge in [0.2, 0.25) is 5.89 Å². The van der Waals surface area contributed by atoms with Gasteiger partial charge >= 0.3 is 6.18 Å². The van der Waals surface area contributed by atoms with E-state index in [1.54, 1.807) is 0 Å². The van der Waals surface area contributed by atoms with Crippen LogP contribution >= 0.6 is 0 Å². The van der Waals surface area contributed by atoms with Crippen LogP contribution in [0.25, 0.3) is 0 Å². The molecular formula is C15H23F3N4O2. The highest BCUT2D eigenvalue weighted by Gasteiger charge is 2.31. The smallest absolute Gasteiger partial charge is 0.371 e. The summed E-state index contributed by atoms with van der Waals surface area (Å²) >= 11 is 0. The molecule has 9 heteroatoms. The summed E-state index contributed by atoms with van der Waals surface area (Å²) in [6, 6.07) is 0.0635. The van der Waals surface area contributed by atoms with Gasteiger partial charge in [0.15, 0.2) is 5.82 Å². The molecule has 0 N–H and O–H groups in total. The molecule has 2 aliphatic rings. The average Bonchev–Trinajstić information content (AvgIpc) is 3.28. The van der Waals surface area contributed by atoms with Crippen LogP contribution in [-0.4, -0.2) is 72.1 Å². The molecule has 0 bridgehead atoms. The number of halogens is 3. The van der Waals surface area contributed by atoms with Crippen molar-refractivity contribution < 1.29 is 22.4 Å². The first-order valence-electron chi connectivity index (χ1n) is 8.37. The average molecular weight is 348 g/mol. The fourth-order valence-corrected chi connectivity index (χ4v) is 2.84. The summed E-state index contributed by atoms with van der Waals surface area (Å²) in [6.07, 6.45) is -1.97. The van der Waals surface area contributed by atoms with Gasteiger partial charge in [-0.2, -0.15) is 18.2 Å². The molecule has 2 heterocycles. The fraction of sp³-hybridized carbons (Fsp3) is 0.867. The molecule has 0 amide bonds. The maximum atomic E-state index is 12.0. The van der Waals surface area contributed by atoms with Crippen molar-refractivity contribution in [1.29, 1.82) is 0 Å². The number of piperazine rings is 1. The molecule has 2 fully saturated rings. The summed E-state index contributed by atoms with van der Waals surface area (Å²) in [5.41, 5.74) is 0. The monoisotopic (exact) mass is 348 g/mol. The first-order chi connectivity index (χ1) is 11.4. The second-order valence-corrected chi connectivity index (χ2v) is 6.49. The largest absolute Gasteiger partial charge is 0.411 e. The van der Waals surface area contributed by atoms with Gasteiger partial charge in [0.25, 0.3) is 0 Å². The SMILES string of the molecule is C[C@@H](c1nc(C2CC2)no1)N1CCN(CCOCC(F)(F)F)CC1. The van der Waals surface area contributed by atoms with E-state index in [0.29, 0.717) is 18.4 Å². The van der Waals surface area contributed by atoms with Gasteiger partial charge in [-0.3, -0.25) is 9.80 Å². The molecule has 1 aliphatic carbocycles. The van der Waals surface area contributed by atoms with E-state index in [0.717, 1.165) is 44.8 Å². The lowest BCUT2D eigenvalue weighted by Crippen LogP contribution is -2.48. The highest BCUT2D eigenvalue weighted by molar-refractivity contribution is 5.04. The van der Waals surface area contributed by atoms with Gasteiger partial charge in [-0.1, -0.05) is 5.16 Å². The van der Waals surface area contributed by atoms with E-state index in [1.807, 2.05) is 6.92 Å². The molecule has 1 saturated carbocycles. The standard InChI is InChI=1S/C15H23F3N4O2/c1-11(14-19-13(20-24-14)12-2-3-12)22-6-4-21(5-7-22)8-9-23-10-15(16,17)18/h11-12H,2-10H2,1H3/t11-/m0/s1. The molecule has 0 radical (unpaired) electrons. The number of ether oxygens (including phenoxy) is 1. The third-order valence-corrected chi connectivity index (χ3v) is 4.53. The normalized spacial score (nSPS) is 22.0. The van der Waals surface area contributed by atoms with Gasteiger partial charge in [-0.15, -0.1) is 0 Å². The zero-order chi connectivity index (χ0) is 17.2. The van der Waals surface area contributed by atoms with Crippen molar-refractivity contribution in [3.63, 3.8) is 0 Å². The van der Waals surface area contributed by atoms with Crippen molar-refractivity contribution >= 4 is 0 Å². The number of hydrogen-bond acceptors (Lipinski definition) is 6. The lowest BCUT2D eigenvalue weighted by atomic mass is 10.2. The van der Waals surface area contributed by atoms with Crippen LogP contribution in [0.3, 0.4) is 0 Å². The van der Waals surface area contributed by atoms with Gasteiger partial charge in [0.05, 0.1) is 12.6 Å². The van der Waals surface area contributed by atoms with Crippen molar-refractivity contribution in [2.24, 2.45) is 0 Å². The van der Waals surface area contributed by atoms with Crippen LogP contribution in [0.5, 0.6) is 0 Å². The Hall–Kier alpha value is -1.19. The number of rotatable bonds is 7. The fourth-order valence-electron chi connectivity index (χ4n) is 2.84. The van der Waals surface area contributed by atoms with Crippen molar-refractivity contribution in [1.82, 2.24) is 19.9 Å². The second kappa shape index (κ2) is 7.37. The molecule has 0 spiro atoms. The molecule has 1 atom stereocenters. The molecule has 6 nitrogen and oxygen atoms in total. The Bertz CT molecular complexity index is 525. The summed E-state index contributed by atoms with van der Waals surface area (Å²) in [6.45, 7) is 4.72. The molecular weight excluding hydrogens is 325 g/mol. The third-order valence-electron chi connectivity index (χ3n) is 4.53. The van der Waals surface area contributed by atoms with Crippen LogP contribution < -0.4 is 0 Å². The number of hydrogen-bond donors (Lipinski definition) is 0. The van der Waals surface area contributed by atoms with Crippen molar-refractivity contribution in [3.8, 4) is 0 Å². The van der Waals surface area contributed by atoms with Gasteiger partial charge in [0.1, 0.15) is 6.61 Å². The number of nitrogens with zero attached hydrogens (tertiary/aromatic N) is 4. The number of alkyl halides is 3. The Morgan fingerprint density at radius 2 is 1.96 bits per heavy atom.